The third-order valence-corrected chi connectivity index (χ3v) is 6.78. The maximum Gasteiger partial charge on any atom is 0.326 e. The fourth-order valence-corrected chi connectivity index (χ4v) is 4.11. The first-order chi connectivity index (χ1) is 23.2. The Kier molecular flexibility index (Phi) is 19.8. The summed E-state index contributed by atoms with van der Waals surface area (Å²) in [6, 6.07) is -11.3. The van der Waals surface area contributed by atoms with Crippen molar-refractivity contribution in [2.45, 2.75) is 89.3 Å². The van der Waals surface area contributed by atoms with Crippen molar-refractivity contribution < 1.29 is 68.7 Å². The Morgan fingerprint density at radius 2 is 0.960 bits per heavy atom. The quantitative estimate of drug-likeness (QED) is 0.0466. The molecule has 0 rings (SSSR count). The molecule has 0 radical (unpaired) electrons. The molecule has 7 atom stereocenters. The lowest BCUT2D eigenvalue weighted by Gasteiger charge is -2.28. The zero-order chi connectivity index (χ0) is 38.9. The van der Waals surface area contributed by atoms with Crippen LogP contribution in [0.4, 0.5) is 0 Å². The SMILES string of the molecule is CC(C)C[C@H](NC(=O)[C@H](CO)NC(=O)[C@@H](N)CO)C(=O)N[C@@H](CO)C(=O)N[C@H](C(=O)N[C@@H](CC(N)=O)C(=O)N[C@@H](CC(=O)O)C(=O)O)C(C)C. The average Bonchev–Trinajstić information content (AvgIpc) is 3.01. The summed E-state index contributed by atoms with van der Waals surface area (Å²) in [5.41, 5.74) is 10.6. The van der Waals surface area contributed by atoms with E-state index in [0.717, 1.165) is 0 Å². The Labute approximate surface area is 286 Å². The van der Waals surface area contributed by atoms with E-state index in [4.69, 9.17) is 21.7 Å². The maximum absolute atomic E-state index is 13.2. The Balaban J connectivity index is 5.92. The Morgan fingerprint density at radius 3 is 1.38 bits per heavy atom. The summed E-state index contributed by atoms with van der Waals surface area (Å²) in [5, 5.41) is 59.7. The van der Waals surface area contributed by atoms with E-state index in [1.165, 1.54) is 13.8 Å². The maximum atomic E-state index is 13.2. The number of carbonyl (C=O) groups is 9. The minimum Gasteiger partial charge on any atom is -0.481 e. The van der Waals surface area contributed by atoms with Gasteiger partial charge in [-0.15, -0.1) is 0 Å². The van der Waals surface area contributed by atoms with E-state index < -0.39 is 134 Å². The standard InChI is InChI=1S/C28H48N8O14/c1-11(2)5-14(31-25(46)17(9-38)34-22(43)13(29)8-37)23(44)35-18(10-39)26(47)36-21(12(3)4)27(48)32-15(6-19(30)40)24(45)33-16(28(49)50)7-20(41)42/h11-18,21,37-39H,5-10,29H2,1-4H3,(H2,30,40)(H,31,46)(H,32,48)(H,33,45)(H,34,43)(H,35,44)(H,36,47)(H,41,42)(H,49,50)/t13-,14-,15-,16-,17-,18-,21-/m0/s1. The third-order valence-electron chi connectivity index (χ3n) is 6.78. The van der Waals surface area contributed by atoms with Crippen LogP contribution in [-0.2, 0) is 43.2 Å². The number of amides is 7. The number of nitrogens with one attached hydrogen (secondary N) is 6. The van der Waals surface area contributed by atoms with E-state index in [0.29, 0.717) is 0 Å². The van der Waals surface area contributed by atoms with Crippen molar-refractivity contribution in [2.24, 2.45) is 23.3 Å². The number of rotatable bonds is 23. The molecule has 0 saturated carbocycles. The first kappa shape index (κ1) is 45.1. The van der Waals surface area contributed by atoms with Gasteiger partial charge in [0.25, 0.3) is 0 Å². The van der Waals surface area contributed by atoms with Crippen molar-refractivity contribution in [1.82, 2.24) is 31.9 Å². The smallest absolute Gasteiger partial charge is 0.326 e. The summed E-state index contributed by atoms with van der Waals surface area (Å²) in [7, 11) is 0. The molecule has 22 nitrogen and oxygen atoms in total. The molecule has 0 heterocycles. The zero-order valence-electron chi connectivity index (χ0n) is 28.0. The monoisotopic (exact) mass is 720 g/mol. The normalized spacial score (nSPS) is 15.2. The van der Waals surface area contributed by atoms with Crippen molar-refractivity contribution in [3.63, 3.8) is 0 Å². The molecule has 0 unspecified atom stereocenters. The minimum absolute atomic E-state index is 0.0187. The molecule has 0 aromatic heterocycles. The number of hydrogen-bond acceptors (Lipinski definition) is 13. The predicted molar refractivity (Wildman–Crippen MR) is 169 cm³/mol. The number of hydrogen-bond donors (Lipinski definition) is 13. The number of carboxylic acid groups (broad SMARTS) is 2. The molecule has 0 aromatic carbocycles. The minimum atomic E-state index is -1.93. The number of aliphatic hydroxyl groups is 3. The lowest BCUT2D eigenvalue weighted by atomic mass is 10.0. The highest BCUT2D eigenvalue weighted by molar-refractivity contribution is 5.98. The highest BCUT2D eigenvalue weighted by Gasteiger charge is 2.35. The lowest BCUT2D eigenvalue weighted by molar-refractivity contribution is -0.147. The van der Waals surface area contributed by atoms with E-state index in [1.54, 1.807) is 13.8 Å². The van der Waals surface area contributed by atoms with Crippen LogP contribution in [0.2, 0.25) is 0 Å². The molecular formula is C28H48N8O14. The molecule has 50 heavy (non-hydrogen) atoms. The van der Waals surface area contributed by atoms with Crippen LogP contribution in [0.1, 0.15) is 47.0 Å². The van der Waals surface area contributed by atoms with Crippen LogP contribution in [-0.4, -0.2) is 141 Å². The van der Waals surface area contributed by atoms with Gasteiger partial charge in [0.15, 0.2) is 0 Å². The van der Waals surface area contributed by atoms with Gasteiger partial charge in [0, 0.05) is 0 Å². The first-order valence-electron chi connectivity index (χ1n) is 15.3. The number of carbonyl (C=O) groups excluding carboxylic acids is 7. The summed E-state index contributed by atoms with van der Waals surface area (Å²) in [4.78, 5) is 111. The second-order valence-corrected chi connectivity index (χ2v) is 11.9. The van der Waals surface area contributed by atoms with Gasteiger partial charge in [0.05, 0.1) is 32.7 Å². The summed E-state index contributed by atoms with van der Waals surface area (Å²) in [5.74, 6) is -11.8. The molecule has 284 valence electrons. The van der Waals surface area contributed by atoms with E-state index in [2.05, 4.69) is 26.6 Å². The van der Waals surface area contributed by atoms with Gasteiger partial charge >= 0.3 is 11.9 Å². The van der Waals surface area contributed by atoms with Crippen LogP contribution in [0.25, 0.3) is 0 Å². The summed E-state index contributed by atoms with van der Waals surface area (Å²) in [6.45, 7) is 3.65. The molecule has 15 N–H and O–H groups in total. The number of nitrogens with two attached hydrogens (primary N) is 2. The molecule has 0 aliphatic heterocycles. The molecule has 0 aliphatic rings. The van der Waals surface area contributed by atoms with Crippen molar-refractivity contribution in [2.75, 3.05) is 19.8 Å². The molecule has 0 fully saturated rings. The van der Waals surface area contributed by atoms with Crippen LogP contribution in [0.5, 0.6) is 0 Å². The van der Waals surface area contributed by atoms with Crippen LogP contribution in [0.3, 0.4) is 0 Å². The van der Waals surface area contributed by atoms with Gasteiger partial charge in [-0.25, -0.2) is 4.79 Å². The lowest BCUT2D eigenvalue weighted by Crippen LogP contribution is -2.61. The Morgan fingerprint density at radius 1 is 0.540 bits per heavy atom. The van der Waals surface area contributed by atoms with Crippen LogP contribution in [0.15, 0.2) is 0 Å². The van der Waals surface area contributed by atoms with Gasteiger partial charge in [-0.1, -0.05) is 27.7 Å². The van der Waals surface area contributed by atoms with Gasteiger partial charge in [-0.05, 0) is 18.3 Å². The highest BCUT2D eigenvalue weighted by atomic mass is 16.4. The summed E-state index contributed by atoms with van der Waals surface area (Å²) in [6.07, 6.45) is -1.89. The van der Waals surface area contributed by atoms with Crippen molar-refractivity contribution in [1.29, 1.82) is 0 Å². The first-order valence-corrected chi connectivity index (χ1v) is 15.3. The van der Waals surface area contributed by atoms with Crippen molar-refractivity contribution >= 4 is 53.3 Å². The summed E-state index contributed by atoms with van der Waals surface area (Å²) < 4.78 is 0. The van der Waals surface area contributed by atoms with E-state index in [9.17, 15) is 58.5 Å². The zero-order valence-corrected chi connectivity index (χ0v) is 28.0. The van der Waals surface area contributed by atoms with Gasteiger partial charge in [0.1, 0.15) is 42.3 Å². The number of carboxylic acids is 2. The Hall–Kier alpha value is -4.93. The molecule has 0 spiro atoms. The van der Waals surface area contributed by atoms with Gasteiger partial charge in [-0.3, -0.25) is 38.4 Å². The van der Waals surface area contributed by atoms with E-state index in [-0.39, 0.29) is 12.3 Å². The second kappa shape index (κ2) is 21.9. The Bertz CT molecular complexity index is 1250. The van der Waals surface area contributed by atoms with Gasteiger partial charge < -0.3 is 68.9 Å². The fraction of sp³-hybridized carbons (Fsp3) is 0.679. The molecule has 22 heteroatoms. The molecule has 0 aliphatic carbocycles. The average molecular weight is 721 g/mol. The van der Waals surface area contributed by atoms with Crippen LogP contribution in [0, 0.1) is 11.8 Å². The summed E-state index contributed by atoms with van der Waals surface area (Å²) >= 11 is 0. The molecule has 0 aromatic rings. The van der Waals surface area contributed by atoms with Crippen molar-refractivity contribution in [3.8, 4) is 0 Å². The van der Waals surface area contributed by atoms with Crippen LogP contribution >= 0.6 is 0 Å². The van der Waals surface area contributed by atoms with Gasteiger partial charge in [0.2, 0.25) is 41.4 Å². The molecular weight excluding hydrogens is 672 g/mol. The second-order valence-electron chi connectivity index (χ2n) is 11.9. The number of primary amides is 1. The van der Waals surface area contributed by atoms with Crippen LogP contribution < -0.4 is 43.4 Å². The van der Waals surface area contributed by atoms with E-state index >= 15 is 0 Å². The fourth-order valence-electron chi connectivity index (χ4n) is 4.11. The highest BCUT2D eigenvalue weighted by Crippen LogP contribution is 2.08. The number of aliphatic carboxylic acids is 2. The molecule has 0 bridgehead atoms. The third kappa shape index (κ3) is 16.0. The number of aliphatic hydroxyl groups excluding tert-OH is 3. The largest absolute Gasteiger partial charge is 0.481 e. The van der Waals surface area contributed by atoms with E-state index in [1.807, 2.05) is 5.32 Å². The predicted octanol–water partition coefficient (Wildman–Crippen LogP) is -6.66. The molecule has 0 saturated heterocycles. The molecule has 7 amide bonds. The topological polar surface area (TPSA) is 379 Å². The van der Waals surface area contributed by atoms with Crippen molar-refractivity contribution in [3.05, 3.63) is 0 Å². The van der Waals surface area contributed by atoms with Gasteiger partial charge in [-0.2, -0.15) is 0 Å².